The number of benzene rings is 2. The zero-order chi connectivity index (χ0) is 19.9. The van der Waals surface area contributed by atoms with E-state index in [9.17, 15) is 9.18 Å². The Bertz CT molecular complexity index is 966. The van der Waals surface area contributed by atoms with Crippen molar-refractivity contribution in [3.63, 3.8) is 0 Å². The molecule has 1 spiro atoms. The third-order valence-corrected chi connectivity index (χ3v) is 7.22. The van der Waals surface area contributed by atoms with Crippen LogP contribution in [0.2, 0.25) is 5.02 Å². The summed E-state index contributed by atoms with van der Waals surface area (Å²) in [6.45, 7) is 2.02. The average molecular weight is 418 g/mol. The first-order valence-electron chi connectivity index (χ1n) is 9.29. The number of carbonyl (C=O) groups is 1. The lowest BCUT2D eigenvalue weighted by Gasteiger charge is -2.45. The van der Waals surface area contributed by atoms with Crippen LogP contribution in [0.4, 0.5) is 4.39 Å². The summed E-state index contributed by atoms with van der Waals surface area (Å²) < 4.78 is 14.6. The van der Waals surface area contributed by atoms with E-state index in [0.29, 0.717) is 22.2 Å². The Hall–Kier alpha value is -1.89. The summed E-state index contributed by atoms with van der Waals surface area (Å²) in [5.41, 5.74) is 8.48. The highest BCUT2D eigenvalue weighted by Gasteiger charge is 2.55. The van der Waals surface area contributed by atoms with E-state index >= 15 is 0 Å². The van der Waals surface area contributed by atoms with Crippen molar-refractivity contribution in [2.75, 3.05) is 6.54 Å². The van der Waals surface area contributed by atoms with Crippen LogP contribution in [0.3, 0.4) is 0 Å². The molecule has 1 heterocycles. The number of halogens is 2. The lowest BCUT2D eigenvalue weighted by molar-refractivity contribution is -0.134. The van der Waals surface area contributed by atoms with Gasteiger partial charge in [0.05, 0.1) is 0 Å². The molecule has 4 rings (SSSR count). The van der Waals surface area contributed by atoms with Crippen molar-refractivity contribution < 1.29 is 9.18 Å². The summed E-state index contributed by atoms with van der Waals surface area (Å²) in [7, 11) is 0. The molecule has 146 valence electrons. The fourth-order valence-electron chi connectivity index (χ4n) is 4.25. The lowest BCUT2D eigenvalue weighted by atomic mass is 9.77. The first-order chi connectivity index (χ1) is 13.5. The SMILES string of the molecule is CC(=O)N1N=C(c2cc(Cl)ccc2F)S[C@]12c1ccccc1CC[C@H]2CCN. The Morgan fingerprint density at radius 1 is 1.39 bits per heavy atom. The minimum absolute atomic E-state index is 0.116. The van der Waals surface area contributed by atoms with Crippen molar-refractivity contribution in [1.29, 1.82) is 0 Å². The van der Waals surface area contributed by atoms with Gasteiger partial charge in [0.25, 0.3) is 0 Å². The van der Waals surface area contributed by atoms with Crippen LogP contribution in [0.5, 0.6) is 0 Å². The van der Waals surface area contributed by atoms with Crippen LogP contribution >= 0.6 is 23.4 Å². The summed E-state index contributed by atoms with van der Waals surface area (Å²) >= 11 is 7.54. The molecule has 28 heavy (non-hydrogen) atoms. The van der Waals surface area contributed by atoms with Gasteiger partial charge in [-0.15, -0.1) is 0 Å². The number of nitrogens with zero attached hydrogens (tertiary/aromatic N) is 2. The number of carbonyl (C=O) groups excluding carboxylic acids is 1. The molecule has 2 aromatic carbocycles. The maximum absolute atomic E-state index is 14.6. The molecule has 1 aliphatic heterocycles. The number of amides is 1. The van der Waals surface area contributed by atoms with E-state index in [-0.39, 0.29) is 11.8 Å². The van der Waals surface area contributed by atoms with E-state index in [1.54, 1.807) is 6.07 Å². The number of fused-ring (bicyclic) bond motifs is 2. The topological polar surface area (TPSA) is 58.7 Å². The van der Waals surface area contributed by atoms with Crippen LogP contribution in [-0.4, -0.2) is 22.5 Å². The van der Waals surface area contributed by atoms with Gasteiger partial charge in [0.15, 0.2) is 0 Å². The van der Waals surface area contributed by atoms with Gasteiger partial charge >= 0.3 is 0 Å². The third kappa shape index (κ3) is 3.04. The fraction of sp³-hybridized carbons (Fsp3) is 0.333. The maximum atomic E-state index is 14.6. The molecule has 1 amide bonds. The minimum Gasteiger partial charge on any atom is -0.330 e. The number of thioether (sulfide) groups is 1. The third-order valence-electron chi connectivity index (χ3n) is 5.45. The first kappa shape index (κ1) is 19.4. The summed E-state index contributed by atoms with van der Waals surface area (Å²) in [5.74, 6) is -0.468. The number of aryl methyl sites for hydroxylation is 1. The van der Waals surface area contributed by atoms with Crippen LogP contribution in [0.25, 0.3) is 0 Å². The van der Waals surface area contributed by atoms with Crippen molar-refractivity contribution in [1.82, 2.24) is 5.01 Å². The predicted molar refractivity (Wildman–Crippen MR) is 112 cm³/mol. The molecule has 2 aliphatic rings. The Kier molecular flexibility index (Phi) is 5.21. The van der Waals surface area contributed by atoms with E-state index in [2.05, 4.69) is 11.2 Å². The normalized spacial score (nSPS) is 23.6. The molecule has 2 atom stereocenters. The fourth-order valence-corrected chi connectivity index (χ4v) is 6.07. The van der Waals surface area contributed by atoms with Crippen LogP contribution in [0, 0.1) is 11.7 Å². The standard InChI is InChI=1S/C21H21ClFN3OS/c1-13(27)26-21(28-20(25-26)17-12-16(22)8-9-19(17)23)15(10-11-24)7-6-14-4-2-3-5-18(14)21/h2-5,8-9,12,15H,6-7,10-11,24H2,1H3/t15-,21+/m0/s1. The van der Waals surface area contributed by atoms with E-state index in [4.69, 9.17) is 17.3 Å². The van der Waals surface area contributed by atoms with Gasteiger partial charge in [-0.05, 0) is 61.1 Å². The molecule has 0 radical (unpaired) electrons. The van der Waals surface area contributed by atoms with Crippen molar-refractivity contribution in [2.45, 2.75) is 31.1 Å². The largest absolute Gasteiger partial charge is 0.330 e. The zero-order valence-electron chi connectivity index (χ0n) is 15.5. The van der Waals surface area contributed by atoms with E-state index < -0.39 is 10.7 Å². The predicted octanol–water partition coefficient (Wildman–Crippen LogP) is 4.50. The lowest BCUT2D eigenvalue weighted by Crippen LogP contribution is -2.49. The van der Waals surface area contributed by atoms with Crippen molar-refractivity contribution in [3.05, 3.63) is 70.0 Å². The molecular weight excluding hydrogens is 397 g/mol. The van der Waals surface area contributed by atoms with Crippen LogP contribution < -0.4 is 5.73 Å². The van der Waals surface area contributed by atoms with E-state index in [1.807, 2.05) is 18.2 Å². The van der Waals surface area contributed by atoms with Gasteiger partial charge < -0.3 is 5.73 Å². The van der Waals surface area contributed by atoms with Gasteiger partial charge in [0.2, 0.25) is 5.91 Å². The Balaban J connectivity index is 1.89. The minimum atomic E-state index is -0.718. The number of hydrazone groups is 1. The van der Waals surface area contributed by atoms with Crippen LogP contribution in [-0.2, 0) is 16.1 Å². The molecule has 0 saturated carbocycles. The maximum Gasteiger partial charge on any atom is 0.241 e. The molecule has 7 heteroatoms. The molecule has 2 aromatic rings. The second-order valence-corrected chi connectivity index (χ2v) is 8.78. The van der Waals surface area contributed by atoms with Gasteiger partial charge in [0.1, 0.15) is 15.7 Å². The monoisotopic (exact) mass is 417 g/mol. The molecule has 0 bridgehead atoms. The number of rotatable bonds is 3. The second-order valence-electron chi connectivity index (χ2n) is 7.13. The van der Waals surface area contributed by atoms with Crippen LogP contribution in [0.1, 0.15) is 36.5 Å². The Morgan fingerprint density at radius 3 is 2.93 bits per heavy atom. The molecule has 1 aliphatic carbocycles. The van der Waals surface area contributed by atoms with Gasteiger partial charge in [-0.25, -0.2) is 9.40 Å². The first-order valence-corrected chi connectivity index (χ1v) is 10.5. The number of hydrogen-bond donors (Lipinski definition) is 1. The molecule has 2 N–H and O–H groups in total. The summed E-state index contributed by atoms with van der Waals surface area (Å²) in [6.07, 6.45) is 2.58. The average Bonchev–Trinajstić information content (AvgIpc) is 3.08. The molecule has 4 nitrogen and oxygen atoms in total. The Morgan fingerprint density at radius 2 is 2.18 bits per heavy atom. The molecular formula is C21H21ClFN3OS. The molecule has 0 saturated heterocycles. The highest BCUT2D eigenvalue weighted by atomic mass is 35.5. The van der Waals surface area contributed by atoms with E-state index in [1.165, 1.54) is 41.4 Å². The number of nitrogens with two attached hydrogens (primary N) is 1. The zero-order valence-corrected chi connectivity index (χ0v) is 17.1. The summed E-state index contributed by atoms with van der Waals surface area (Å²) in [5, 5.41) is 7.02. The van der Waals surface area contributed by atoms with Crippen molar-refractivity contribution in [3.8, 4) is 0 Å². The van der Waals surface area contributed by atoms with Gasteiger partial charge in [-0.3, -0.25) is 4.79 Å². The van der Waals surface area contributed by atoms with E-state index in [0.717, 1.165) is 24.8 Å². The molecule has 0 aromatic heterocycles. The summed E-state index contributed by atoms with van der Waals surface area (Å²) in [6, 6.07) is 12.5. The second kappa shape index (κ2) is 7.50. The highest BCUT2D eigenvalue weighted by Crippen LogP contribution is 2.57. The van der Waals surface area contributed by atoms with Crippen molar-refractivity contribution >= 4 is 34.3 Å². The van der Waals surface area contributed by atoms with Gasteiger partial charge in [-0.1, -0.05) is 47.6 Å². The van der Waals surface area contributed by atoms with Crippen molar-refractivity contribution in [2.24, 2.45) is 16.8 Å². The summed E-state index contributed by atoms with van der Waals surface area (Å²) in [4.78, 5) is 11.9. The van der Waals surface area contributed by atoms with Gasteiger partial charge in [-0.2, -0.15) is 5.10 Å². The quantitative estimate of drug-likeness (QED) is 0.799. The highest BCUT2D eigenvalue weighted by molar-refractivity contribution is 8.15. The van der Waals surface area contributed by atoms with Crippen LogP contribution in [0.15, 0.2) is 47.6 Å². The van der Waals surface area contributed by atoms with Gasteiger partial charge in [0, 0.05) is 17.5 Å². The molecule has 0 fully saturated rings. The Labute approximate surface area is 172 Å². The molecule has 0 unspecified atom stereocenters. The number of hydrogen-bond acceptors (Lipinski definition) is 4. The smallest absolute Gasteiger partial charge is 0.241 e.